The summed E-state index contributed by atoms with van der Waals surface area (Å²) >= 11 is 0. The number of hydrogen-bond donors (Lipinski definition) is 0. The number of hydrogen-bond acceptors (Lipinski definition) is 3. The van der Waals surface area contributed by atoms with Crippen LogP contribution in [0.1, 0.15) is 43.5 Å². The summed E-state index contributed by atoms with van der Waals surface area (Å²) in [5.41, 5.74) is 1.43. The largest absolute Gasteiger partial charge is 0.318 e. The van der Waals surface area contributed by atoms with Crippen molar-refractivity contribution in [2.75, 3.05) is 31.1 Å². The van der Waals surface area contributed by atoms with E-state index in [0.717, 1.165) is 44.6 Å². The maximum absolute atomic E-state index is 13.0. The summed E-state index contributed by atoms with van der Waals surface area (Å²) in [7, 11) is 0. The zero-order valence-corrected chi connectivity index (χ0v) is 14.0. The number of piperidine rings is 1. The first kappa shape index (κ1) is 16.0. The number of benzene rings is 1. The summed E-state index contributed by atoms with van der Waals surface area (Å²) in [4.78, 5) is 31.6. The number of carbonyl (C=O) groups excluding carboxylic acids is 2. The van der Waals surface area contributed by atoms with Gasteiger partial charge in [-0.3, -0.25) is 19.4 Å². The molecular weight excluding hydrogens is 290 g/mol. The SMILES string of the molecule is CCN(CC)CC(=O)N1c2ccccc2C(=O)N2CCCCC21. The fourth-order valence-corrected chi connectivity index (χ4v) is 3.61. The van der Waals surface area contributed by atoms with Gasteiger partial charge in [0.15, 0.2) is 0 Å². The molecule has 3 rings (SSSR count). The standard InChI is InChI=1S/C18H25N3O2/c1-3-19(4-2)13-17(22)21-15-10-6-5-9-14(15)18(23)20-12-8-7-11-16(20)21/h5-6,9-10,16H,3-4,7-8,11-13H2,1-2H3. The van der Waals surface area contributed by atoms with Crippen molar-refractivity contribution in [1.29, 1.82) is 0 Å². The molecule has 124 valence electrons. The van der Waals surface area contributed by atoms with Crippen molar-refractivity contribution in [3.63, 3.8) is 0 Å². The van der Waals surface area contributed by atoms with Crippen molar-refractivity contribution in [2.24, 2.45) is 0 Å². The van der Waals surface area contributed by atoms with Gasteiger partial charge in [-0.25, -0.2) is 0 Å². The average Bonchev–Trinajstić information content (AvgIpc) is 2.60. The summed E-state index contributed by atoms with van der Waals surface area (Å²) in [6.07, 6.45) is 2.83. The molecule has 1 saturated heterocycles. The Bertz CT molecular complexity index is 598. The zero-order chi connectivity index (χ0) is 16.4. The van der Waals surface area contributed by atoms with Gasteiger partial charge in [-0.1, -0.05) is 26.0 Å². The van der Waals surface area contributed by atoms with Gasteiger partial charge < -0.3 is 4.90 Å². The van der Waals surface area contributed by atoms with Crippen LogP contribution in [-0.4, -0.2) is 54.0 Å². The second kappa shape index (κ2) is 6.71. The molecule has 23 heavy (non-hydrogen) atoms. The van der Waals surface area contributed by atoms with Gasteiger partial charge in [0.2, 0.25) is 5.91 Å². The van der Waals surface area contributed by atoms with Gasteiger partial charge >= 0.3 is 0 Å². The molecule has 1 atom stereocenters. The van der Waals surface area contributed by atoms with Crippen molar-refractivity contribution < 1.29 is 9.59 Å². The van der Waals surface area contributed by atoms with Gasteiger partial charge in [0.1, 0.15) is 6.17 Å². The number of anilines is 1. The third-order valence-electron chi connectivity index (χ3n) is 4.95. The lowest BCUT2D eigenvalue weighted by Crippen LogP contribution is -2.60. The maximum Gasteiger partial charge on any atom is 0.257 e. The Labute approximate surface area is 137 Å². The lowest BCUT2D eigenvalue weighted by molar-refractivity contribution is -0.121. The van der Waals surface area contributed by atoms with Gasteiger partial charge in [-0.2, -0.15) is 0 Å². The number of rotatable bonds is 4. The molecule has 1 aromatic rings. The third kappa shape index (κ3) is 2.85. The van der Waals surface area contributed by atoms with Crippen LogP contribution in [0, 0.1) is 0 Å². The number of fused-ring (bicyclic) bond motifs is 2. The summed E-state index contributed by atoms with van der Waals surface area (Å²) in [5, 5.41) is 0. The molecule has 0 aromatic heterocycles. The molecule has 2 aliphatic rings. The Kier molecular flexibility index (Phi) is 4.66. The minimum Gasteiger partial charge on any atom is -0.318 e. The molecule has 1 aromatic carbocycles. The monoisotopic (exact) mass is 315 g/mol. The van der Waals surface area contributed by atoms with Gasteiger partial charge in [-0.15, -0.1) is 0 Å². The summed E-state index contributed by atoms with van der Waals surface area (Å²) in [6, 6.07) is 7.51. The normalized spacial score (nSPS) is 20.5. The maximum atomic E-state index is 13.0. The van der Waals surface area contributed by atoms with E-state index in [4.69, 9.17) is 0 Å². The molecule has 5 heteroatoms. The van der Waals surface area contributed by atoms with Gasteiger partial charge in [0.25, 0.3) is 5.91 Å². The molecule has 2 aliphatic heterocycles. The Morgan fingerprint density at radius 2 is 1.96 bits per heavy atom. The predicted octanol–water partition coefficient (Wildman–Crippen LogP) is 2.33. The van der Waals surface area contributed by atoms with E-state index in [1.807, 2.05) is 34.1 Å². The quantitative estimate of drug-likeness (QED) is 0.856. The first-order valence-corrected chi connectivity index (χ1v) is 8.61. The smallest absolute Gasteiger partial charge is 0.257 e. The van der Waals surface area contributed by atoms with Crippen LogP contribution >= 0.6 is 0 Å². The average molecular weight is 315 g/mol. The van der Waals surface area contributed by atoms with Crippen LogP contribution in [0.5, 0.6) is 0 Å². The minimum atomic E-state index is -0.116. The fraction of sp³-hybridized carbons (Fsp3) is 0.556. The molecule has 1 fully saturated rings. The number of carbonyl (C=O) groups is 2. The molecule has 1 unspecified atom stereocenters. The second-order valence-corrected chi connectivity index (χ2v) is 6.22. The highest BCUT2D eigenvalue weighted by Crippen LogP contribution is 2.35. The lowest BCUT2D eigenvalue weighted by atomic mass is 9.98. The summed E-state index contributed by atoms with van der Waals surface area (Å²) in [5.74, 6) is 0.155. The van der Waals surface area contributed by atoms with Crippen molar-refractivity contribution in [1.82, 2.24) is 9.80 Å². The van der Waals surface area contributed by atoms with E-state index in [1.165, 1.54) is 0 Å². The first-order valence-electron chi connectivity index (χ1n) is 8.61. The van der Waals surface area contributed by atoms with Crippen LogP contribution in [-0.2, 0) is 4.79 Å². The Morgan fingerprint density at radius 3 is 2.70 bits per heavy atom. The summed E-state index contributed by atoms with van der Waals surface area (Å²) in [6.45, 7) is 6.98. The molecule has 0 bridgehead atoms. The fourth-order valence-electron chi connectivity index (χ4n) is 3.61. The van der Waals surface area contributed by atoms with E-state index in [2.05, 4.69) is 18.7 Å². The van der Waals surface area contributed by atoms with Crippen LogP contribution < -0.4 is 4.90 Å². The Balaban J connectivity index is 1.97. The zero-order valence-electron chi connectivity index (χ0n) is 14.0. The molecule has 2 heterocycles. The van der Waals surface area contributed by atoms with Crippen molar-refractivity contribution >= 4 is 17.5 Å². The highest BCUT2D eigenvalue weighted by molar-refractivity contribution is 6.08. The molecule has 2 amide bonds. The first-order chi connectivity index (χ1) is 11.2. The second-order valence-electron chi connectivity index (χ2n) is 6.22. The molecule has 0 saturated carbocycles. The van der Waals surface area contributed by atoms with E-state index in [9.17, 15) is 9.59 Å². The van der Waals surface area contributed by atoms with Crippen LogP contribution in [0.25, 0.3) is 0 Å². The van der Waals surface area contributed by atoms with E-state index < -0.39 is 0 Å². The molecule has 0 N–H and O–H groups in total. The van der Waals surface area contributed by atoms with E-state index in [0.29, 0.717) is 12.1 Å². The minimum absolute atomic E-state index is 0.0668. The van der Waals surface area contributed by atoms with Gasteiger partial charge in [-0.05, 0) is 44.5 Å². The van der Waals surface area contributed by atoms with Crippen LogP contribution in [0.2, 0.25) is 0 Å². The van der Waals surface area contributed by atoms with E-state index in [-0.39, 0.29) is 18.0 Å². The Hall–Kier alpha value is -1.88. The number of likely N-dealkylation sites (N-methyl/N-ethyl adjacent to an activating group) is 1. The van der Waals surface area contributed by atoms with E-state index >= 15 is 0 Å². The van der Waals surface area contributed by atoms with Gasteiger partial charge in [0, 0.05) is 6.54 Å². The molecular formula is C18H25N3O2. The molecule has 0 radical (unpaired) electrons. The number of para-hydroxylation sites is 1. The predicted molar refractivity (Wildman–Crippen MR) is 90.4 cm³/mol. The number of amides is 2. The lowest BCUT2D eigenvalue weighted by Gasteiger charge is -2.47. The molecule has 0 aliphatic carbocycles. The summed E-state index contributed by atoms with van der Waals surface area (Å²) < 4.78 is 0. The Morgan fingerprint density at radius 1 is 1.22 bits per heavy atom. The van der Waals surface area contributed by atoms with Crippen LogP contribution in [0.3, 0.4) is 0 Å². The van der Waals surface area contributed by atoms with Gasteiger partial charge in [0.05, 0.1) is 17.8 Å². The third-order valence-corrected chi connectivity index (χ3v) is 4.95. The number of nitrogens with zero attached hydrogens (tertiary/aromatic N) is 3. The molecule has 5 nitrogen and oxygen atoms in total. The molecule has 0 spiro atoms. The van der Waals surface area contributed by atoms with E-state index in [1.54, 1.807) is 0 Å². The van der Waals surface area contributed by atoms with Crippen molar-refractivity contribution in [3.05, 3.63) is 29.8 Å². The van der Waals surface area contributed by atoms with Crippen LogP contribution in [0.15, 0.2) is 24.3 Å². The van der Waals surface area contributed by atoms with Crippen molar-refractivity contribution in [2.45, 2.75) is 39.3 Å². The van der Waals surface area contributed by atoms with Crippen LogP contribution in [0.4, 0.5) is 5.69 Å². The topological polar surface area (TPSA) is 43.9 Å². The highest BCUT2D eigenvalue weighted by atomic mass is 16.2. The van der Waals surface area contributed by atoms with Crippen molar-refractivity contribution in [3.8, 4) is 0 Å². The highest BCUT2D eigenvalue weighted by Gasteiger charge is 2.41.